The maximum absolute atomic E-state index is 12.1. The second kappa shape index (κ2) is 6.02. The summed E-state index contributed by atoms with van der Waals surface area (Å²) in [6, 6.07) is 0. The topological polar surface area (TPSA) is 74.7 Å². The number of carbonyl (C=O) groups is 1. The minimum atomic E-state index is -3.31. The highest BCUT2D eigenvalue weighted by Crippen LogP contribution is 2.24. The van der Waals surface area contributed by atoms with Gasteiger partial charge < -0.3 is 5.11 Å². The van der Waals surface area contributed by atoms with E-state index < -0.39 is 21.9 Å². The van der Waals surface area contributed by atoms with E-state index in [1.807, 2.05) is 20.8 Å². The molecule has 0 aromatic rings. The van der Waals surface area contributed by atoms with Gasteiger partial charge in [-0.15, -0.1) is 0 Å². The molecule has 106 valence electrons. The van der Waals surface area contributed by atoms with Crippen LogP contribution in [-0.4, -0.2) is 42.6 Å². The Kier molecular flexibility index (Phi) is 5.16. The Morgan fingerprint density at radius 2 is 2.00 bits per heavy atom. The summed E-state index contributed by atoms with van der Waals surface area (Å²) in [5.74, 6) is -0.914. The van der Waals surface area contributed by atoms with E-state index >= 15 is 0 Å². The van der Waals surface area contributed by atoms with Gasteiger partial charge in [-0.25, -0.2) is 12.7 Å². The fraction of sp³-hybridized carbons (Fsp3) is 0.917. The Hall–Kier alpha value is -0.620. The summed E-state index contributed by atoms with van der Waals surface area (Å²) in [5, 5.41) is 9.04. The van der Waals surface area contributed by atoms with Gasteiger partial charge in [-0.2, -0.15) is 0 Å². The highest BCUT2D eigenvalue weighted by atomic mass is 32.2. The molecule has 0 saturated carbocycles. The molecule has 0 amide bonds. The van der Waals surface area contributed by atoms with E-state index in [2.05, 4.69) is 0 Å². The van der Waals surface area contributed by atoms with E-state index in [1.165, 1.54) is 4.31 Å². The molecule has 1 N–H and O–H groups in total. The Morgan fingerprint density at radius 3 is 2.50 bits per heavy atom. The van der Waals surface area contributed by atoms with Crippen molar-refractivity contribution in [2.45, 2.75) is 33.6 Å². The minimum absolute atomic E-state index is 0.105. The molecular weight excluding hydrogens is 254 g/mol. The lowest BCUT2D eigenvalue weighted by Gasteiger charge is -2.33. The largest absolute Gasteiger partial charge is 0.481 e. The number of aliphatic carboxylic acids is 1. The average molecular weight is 277 g/mol. The van der Waals surface area contributed by atoms with Crippen molar-refractivity contribution in [2.75, 3.05) is 18.8 Å². The third kappa shape index (κ3) is 4.24. The van der Waals surface area contributed by atoms with Gasteiger partial charge in [-0.05, 0) is 24.7 Å². The van der Waals surface area contributed by atoms with E-state index in [1.54, 1.807) is 0 Å². The number of rotatable bonds is 5. The Bertz CT molecular complexity index is 391. The lowest BCUT2D eigenvalue weighted by atomic mass is 9.92. The number of hydrogen-bond donors (Lipinski definition) is 1. The van der Waals surface area contributed by atoms with E-state index in [0.717, 1.165) is 0 Å². The van der Waals surface area contributed by atoms with Gasteiger partial charge in [0.15, 0.2) is 0 Å². The molecule has 1 heterocycles. The second-order valence-corrected chi connectivity index (χ2v) is 7.78. The van der Waals surface area contributed by atoms with E-state index in [4.69, 9.17) is 5.11 Å². The monoisotopic (exact) mass is 277 g/mol. The van der Waals surface area contributed by atoms with Crippen LogP contribution in [0.4, 0.5) is 0 Å². The fourth-order valence-corrected chi connectivity index (χ4v) is 4.14. The summed E-state index contributed by atoms with van der Waals surface area (Å²) < 4.78 is 25.6. The van der Waals surface area contributed by atoms with Crippen molar-refractivity contribution in [3.05, 3.63) is 0 Å². The molecule has 0 aliphatic carbocycles. The highest BCUT2D eigenvalue weighted by molar-refractivity contribution is 7.89. The molecular formula is C12H23NO4S. The van der Waals surface area contributed by atoms with Gasteiger partial charge in [-0.3, -0.25) is 4.79 Å². The predicted octanol–water partition coefficient (Wildman–Crippen LogP) is 1.40. The van der Waals surface area contributed by atoms with Crippen molar-refractivity contribution >= 4 is 16.0 Å². The standard InChI is InChI=1S/C12H23NO4S/c1-9(2)4-5-18(16,17)13-7-10(3)6-11(8-13)12(14)15/h9-11H,4-8H2,1-3H3,(H,14,15). The van der Waals surface area contributed by atoms with Gasteiger partial charge in [0.25, 0.3) is 0 Å². The maximum atomic E-state index is 12.1. The molecule has 1 aliphatic rings. The lowest BCUT2D eigenvalue weighted by Crippen LogP contribution is -2.46. The zero-order valence-electron chi connectivity index (χ0n) is 11.3. The molecule has 1 saturated heterocycles. The summed E-state index contributed by atoms with van der Waals surface area (Å²) in [6.07, 6.45) is 1.18. The number of hydrogen-bond acceptors (Lipinski definition) is 3. The molecule has 1 fully saturated rings. The van der Waals surface area contributed by atoms with E-state index in [0.29, 0.717) is 25.3 Å². The predicted molar refractivity (Wildman–Crippen MR) is 69.7 cm³/mol. The first-order valence-electron chi connectivity index (χ1n) is 6.43. The Labute approximate surface area is 109 Å². The van der Waals surface area contributed by atoms with Crippen LogP contribution in [0.1, 0.15) is 33.6 Å². The molecule has 0 bridgehead atoms. The number of nitrogens with zero attached hydrogens (tertiary/aromatic N) is 1. The molecule has 6 heteroatoms. The Morgan fingerprint density at radius 1 is 1.39 bits per heavy atom. The molecule has 2 unspecified atom stereocenters. The van der Waals surface area contributed by atoms with Crippen molar-refractivity contribution < 1.29 is 18.3 Å². The molecule has 1 rings (SSSR count). The average Bonchev–Trinajstić information content (AvgIpc) is 2.25. The van der Waals surface area contributed by atoms with Crippen molar-refractivity contribution in [2.24, 2.45) is 17.8 Å². The maximum Gasteiger partial charge on any atom is 0.307 e. The summed E-state index contributed by atoms with van der Waals surface area (Å²) in [4.78, 5) is 11.0. The van der Waals surface area contributed by atoms with Crippen LogP contribution in [0.5, 0.6) is 0 Å². The fourth-order valence-electron chi connectivity index (χ4n) is 2.22. The molecule has 0 radical (unpaired) electrons. The van der Waals surface area contributed by atoms with Gasteiger partial charge in [0.1, 0.15) is 0 Å². The zero-order valence-corrected chi connectivity index (χ0v) is 12.1. The van der Waals surface area contributed by atoms with Crippen LogP contribution in [0.3, 0.4) is 0 Å². The minimum Gasteiger partial charge on any atom is -0.481 e. The van der Waals surface area contributed by atoms with Crippen LogP contribution < -0.4 is 0 Å². The second-order valence-electron chi connectivity index (χ2n) is 5.69. The van der Waals surface area contributed by atoms with Crippen LogP contribution in [-0.2, 0) is 14.8 Å². The van der Waals surface area contributed by atoms with Crippen LogP contribution in [0.25, 0.3) is 0 Å². The highest BCUT2D eigenvalue weighted by Gasteiger charge is 2.35. The van der Waals surface area contributed by atoms with Crippen LogP contribution >= 0.6 is 0 Å². The summed E-state index contributed by atoms with van der Waals surface area (Å²) >= 11 is 0. The van der Waals surface area contributed by atoms with E-state index in [-0.39, 0.29) is 18.2 Å². The first-order chi connectivity index (χ1) is 8.22. The van der Waals surface area contributed by atoms with Crippen LogP contribution in [0.2, 0.25) is 0 Å². The summed E-state index contributed by atoms with van der Waals surface area (Å²) in [6.45, 7) is 6.44. The summed E-state index contributed by atoms with van der Waals surface area (Å²) in [7, 11) is -3.31. The lowest BCUT2D eigenvalue weighted by molar-refractivity contribution is -0.143. The number of carboxylic acid groups (broad SMARTS) is 1. The van der Waals surface area contributed by atoms with Crippen molar-refractivity contribution in [3.63, 3.8) is 0 Å². The van der Waals surface area contributed by atoms with Crippen molar-refractivity contribution in [3.8, 4) is 0 Å². The molecule has 5 nitrogen and oxygen atoms in total. The third-order valence-corrected chi connectivity index (χ3v) is 5.16. The van der Waals surface area contributed by atoms with Gasteiger partial charge >= 0.3 is 5.97 Å². The molecule has 18 heavy (non-hydrogen) atoms. The molecule has 2 atom stereocenters. The van der Waals surface area contributed by atoms with Crippen molar-refractivity contribution in [1.29, 1.82) is 0 Å². The summed E-state index contributed by atoms with van der Waals surface area (Å²) in [5.41, 5.74) is 0. The van der Waals surface area contributed by atoms with Crippen LogP contribution in [0.15, 0.2) is 0 Å². The van der Waals surface area contributed by atoms with E-state index in [9.17, 15) is 13.2 Å². The molecule has 1 aliphatic heterocycles. The third-order valence-electron chi connectivity index (χ3n) is 3.32. The first-order valence-corrected chi connectivity index (χ1v) is 8.04. The van der Waals surface area contributed by atoms with Gasteiger partial charge in [0.2, 0.25) is 10.0 Å². The quantitative estimate of drug-likeness (QED) is 0.824. The van der Waals surface area contributed by atoms with Crippen LogP contribution in [0, 0.1) is 17.8 Å². The van der Waals surface area contributed by atoms with Crippen molar-refractivity contribution in [1.82, 2.24) is 4.31 Å². The van der Waals surface area contributed by atoms with Gasteiger partial charge in [0.05, 0.1) is 11.7 Å². The number of piperidine rings is 1. The number of carboxylic acids is 1. The van der Waals surface area contributed by atoms with Gasteiger partial charge in [-0.1, -0.05) is 20.8 Å². The molecule has 0 aromatic heterocycles. The first kappa shape index (κ1) is 15.4. The molecule has 0 aromatic carbocycles. The zero-order chi connectivity index (χ0) is 13.9. The SMILES string of the molecule is CC(C)CCS(=O)(=O)N1CC(C)CC(C(=O)O)C1. The smallest absolute Gasteiger partial charge is 0.307 e. The molecule has 0 spiro atoms. The number of sulfonamides is 1. The normalized spacial score (nSPS) is 26.4. The Balaban J connectivity index is 2.72. The van der Waals surface area contributed by atoms with Gasteiger partial charge in [0, 0.05) is 13.1 Å².